The van der Waals surface area contributed by atoms with E-state index in [9.17, 15) is 4.79 Å². The summed E-state index contributed by atoms with van der Waals surface area (Å²) in [5, 5.41) is 14.6. The molecule has 124 valence electrons. The van der Waals surface area contributed by atoms with Crippen molar-refractivity contribution in [2.45, 2.75) is 63.3 Å². The molecule has 0 aliphatic heterocycles. The standard InChI is InChI=1S/C17H20N6O/c24-16(17(8-9-17)23-10-18-21-22-23)20-15-11-4-1-2-6-13(11)19-14-7-3-5-12(14)15/h10H,1-9H2,(H,19,20,24). The van der Waals surface area contributed by atoms with Crippen molar-refractivity contribution in [3.8, 4) is 0 Å². The van der Waals surface area contributed by atoms with E-state index in [-0.39, 0.29) is 5.91 Å². The molecule has 5 rings (SSSR count). The Balaban J connectivity index is 1.53. The molecule has 0 spiro atoms. The maximum absolute atomic E-state index is 13.0. The van der Waals surface area contributed by atoms with Crippen LogP contribution in [0.4, 0.5) is 5.69 Å². The summed E-state index contributed by atoms with van der Waals surface area (Å²) in [7, 11) is 0. The van der Waals surface area contributed by atoms with Crippen molar-refractivity contribution in [3.63, 3.8) is 0 Å². The fraction of sp³-hybridized carbons (Fsp3) is 0.588. The van der Waals surface area contributed by atoms with E-state index in [4.69, 9.17) is 4.98 Å². The molecule has 7 heteroatoms. The average molecular weight is 324 g/mol. The lowest BCUT2D eigenvalue weighted by atomic mass is 9.92. The Morgan fingerprint density at radius 3 is 2.46 bits per heavy atom. The first-order valence-corrected chi connectivity index (χ1v) is 8.86. The van der Waals surface area contributed by atoms with Crippen LogP contribution in [-0.4, -0.2) is 31.1 Å². The molecule has 7 nitrogen and oxygen atoms in total. The second-order valence-electron chi connectivity index (χ2n) is 7.14. The van der Waals surface area contributed by atoms with Crippen LogP contribution >= 0.6 is 0 Å². The molecule has 3 aliphatic rings. The number of nitrogens with zero attached hydrogens (tertiary/aromatic N) is 5. The molecule has 0 bridgehead atoms. The lowest BCUT2D eigenvalue weighted by molar-refractivity contribution is -0.120. The van der Waals surface area contributed by atoms with E-state index in [1.54, 1.807) is 11.0 Å². The highest BCUT2D eigenvalue weighted by Gasteiger charge is 2.53. The summed E-state index contributed by atoms with van der Waals surface area (Å²) < 4.78 is 1.61. The van der Waals surface area contributed by atoms with Gasteiger partial charge in [0.2, 0.25) is 0 Å². The van der Waals surface area contributed by atoms with Gasteiger partial charge in [0.15, 0.2) is 0 Å². The number of carbonyl (C=O) groups is 1. The van der Waals surface area contributed by atoms with Gasteiger partial charge >= 0.3 is 0 Å². The first-order valence-electron chi connectivity index (χ1n) is 8.86. The molecule has 0 aromatic carbocycles. The zero-order valence-electron chi connectivity index (χ0n) is 13.6. The van der Waals surface area contributed by atoms with Crippen LogP contribution in [0.3, 0.4) is 0 Å². The third-order valence-corrected chi connectivity index (χ3v) is 5.67. The topological polar surface area (TPSA) is 85.6 Å². The summed E-state index contributed by atoms with van der Waals surface area (Å²) in [6.45, 7) is 0. The average Bonchev–Trinajstić information content (AvgIpc) is 3.02. The molecular formula is C17H20N6O. The van der Waals surface area contributed by atoms with Gasteiger partial charge in [-0.1, -0.05) is 0 Å². The summed E-state index contributed by atoms with van der Waals surface area (Å²) in [5.41, 5.74) is 5.37. The van der Waals surface area contributed by atoms with Crippen LogP contribution in [0.1, 0.15) is 54.6 Å². The Morgan fingerprint density at radius 1 is 1.04 bits per heavy atom. The van der Waals surface area contributed by atoms with E-state index in [2.05, 4.69) is 20.8 Å². The van der Waals surface area contributed by atoms with Crippen molar-refractivity contribution >= 4 is 11.6 Å². The number of fused-ring (bicyclic) bond motifs is 2. The summed E-state index contributed by atoms with van der Waals surface area (Å²) >= 11 is 0. The van der Waals surface area contributed by atoms with Gasteiger partial charge in [0.1, 0.15) is 11.9 Å². The van der Waals surface area contributed by atoms with E-state index in [1.807, 2.05) is 0 Å². The van der Waals surface area contributed by atoms with Gasteiger partial charge in [-0.2, -0.15) is 0 Å². The lowest BCUT2D eigenvalue weighted by Gasteiger charge is -2.24. The number of hydrogen-bond acceptors (Lipinski definition) is 5. The number of pyridine rings is 1. The summed E-state index contributed by atoms with van der Waals surface area (Å²) in [6, 6.07) is 0. The Morgan fingerprint density at radius 2 is 1.75 bits per heavy atom. The molecule has 0 saturated heterocycles. The highest BCUT2D eigenvalue weighted by molar-refractivity contribution is 6.00. The zero-order valence-corrected chi connectivity index (χ0v) is 13.6. The van der Waals surface area contributed by atoms with Gasteiger partial charge in [0.05, 0.1) is 5.69 Å². The molecule has 24 heavy (non-hydrogen) atoms. The van der Waals surface area contributed by atoms with Crippen LogP contribution in [0.5, 0.6) is 0 Å². The number of rotatable bonds is 3. The van der Waals surface area contributed by atoms with Crippen molar-refractivity contribution < 1.29 is 4.79 Å². The van der Waals surface area contributed by atoms with Gasteiger partial charge in [0, 0.05) is 11.4 Å². The van der Waals surface area contributed by atoms with Gasteiger partial charge in [-0.05, 0) is 79.3 Å². The molecule has 2 heterocycles. The molecule has 1 amide bonds. The Bertz CT molecular complexity index is 809. The molecular weight excluding hydrogens is 304 g/mol. The van der Waals surface area contributed by atoms with E-state index in [0.29, 0.717) is 0 Å². The van der Waals surface area contributed by atoms with E-state index < -0.39 is 5.54 Å². The maximum Gasteiger partial charge on any atom is 0.252 e. The van der Waals surface area contributed by atoms with Gasteiger partial charge in [0.25, 0.3) is 5.91 Å². The van der Waals surface area contributed by atoms with Crippen molar-refractivity contribution in [2.75, 3.05) is 5.32 Å². The van der Waals surface area contributed by atoms with Crippen LogP contribution in [0.15, 0.2) is 6.33 Å². The Hall–Kier alpha value is -2.31. The van der Waals surface area contributed by atoms with Gasteiger partial charge in [-0.15, -0.1) is 5.10 Å². The molecule has 0 atom stereocenters. The van der Waals surface area contributed by atoms with Crippen LogP contribution < -0.4 is 5.32 Å². The molecule has 0 radical (unpaired) electrons. The summed E-state index contributed by atoms with van der Waals surface area (Å²) in [6.07, 6.45) is 10.7. The molecule has 1 fully saturated rings. The van der Waals surface area contributed by atoms with Gasteiger partial charge < -0.3 is 5.32 Å². The number of aryl methyl sites for hydroxylation is 2. The van der Waals surface area contributed by atoms with Crippen LogP contribution in [-0.2, 0) is 36.0 Å². The minimum Gasteiger partial charge on any atom is -0.323 e. The predicted octanol–water partition coefficient (Wildman–Crippen LogP) is 1.56. The fourth-order valence-corrected chi connectivity index (χ4v) is 4.16. The zero-order chi connectivity index (χ0) is 16.1. The number of anilines is 1. The Kier molecular flexibility index (Phi) is 2.98. The van der Waals surface area contributed by atoms with E-state index >= 15 is 0 Å². The van der Waals surface area contributed by atoms with Crippen LogP contribution in [0.2, 0.25) is 0 Å². The number of amides is 1. The smallest absolute Gasteiger partial charge is 0.252 e. The second-order valence-corrected chi connectivity index (χ2v) is 7.14. The normalized spacial score (nSPS) is 20.3. The minimum absolute atomic E-state index is 0.0165. The summed E-state index contributed by atoms with van der Waals surface area (Å²) in [5.74, 6) is 0.0165. The highest BCUT2D eigenvalue weighted by Crippen LogP contribution is 2.45. The molecule has 2 aromatic rings. The number of hydrogen-bond donors (Lipinski definition) is 1. The largest absolute Gasteiger partial charge is 0.323 e. The molecule has 0 unspecified atom stereocenters. The first kappa shape index (κ1) is 14.1. The van der Waals surface area contributed by atoms with Crippen molar-refractivity contribution in [3.05, 3.63) is 28.8 Å². The van der Waals surface area contributed by atoms with Gasteiger partial charge in [-0.3, -0.25) is 9.78 Å². The third kappa shape index (κ3) is 2.00. The minimum atomic E-state index is -0.597. The summed E-state index contributed by atoms with van der Waals surface area (Å²) in [4.78, 5) is 17.9. The fourth-order valence-electron chi connectivity index (χ4n) is 4.16. The quantitative estimate of drug-likeness (QED) is 0.926. The SMILES string of the molecule is O=C(Nc1c2c(nc3c1CCC3)CCCC2)C1(n2cnnn2)CC1. The molecule has 1 N–H and O–H groups in total. The van der Waals surface area contributed by atoms with Crippen molar-refractivity contribution in [2.24, 2.45) is 0 Å². The monoisotopic (exact) mass is 324 g/mol. The number of carbonyl (C=O) groups excluding carboxylic acids is 1. The predicted molar refractivity (Wildman–Crippen MR) is 86.6 cm³/mol. The Labute approximate surface area is 139 Å². The van der Waals surface area contributed by atoms with Gasteiger partial charge in [-0.25, -0.2) is 4.68 Å². The molecule has 3 aliphatic carbocycles. The maximum atomic E-state index is 13.0. The molecule has 1 saturated carbocycles. The number of aromatic nitrogens is 5. The first-order chi connectivity index (χ1) is 11.8. The highest BCUT2D eigenvalue weighted by atomic mass is 16.2. The number of tetrazole rings is 1. The third-order valence-electron chi connectivity index (χ3n) is 5.67. The molecule has 2 aromatic heterocycles. The van der Waals surface area contributed by atoms with E-state index in [1.165, 1.54) is 35.4 Å². The van der Waals surface area contributed by atoms with Crippen molar-refractivity contribution in [1.29, 1.82) is 0 Å². The van der Waals surface area contributed by atoms with E-state index in [0.717, 1.165) is 50.6 Å². The van der Waals surface area contributed by atoms with Crippen LogP contribution in [0, 0.1) is 0 Å². The second kappa shape index (κ2) is 5.09. The number of nitrogens with one attached hydrogen (secondary N) is 1. The van der Waals surface area contributed by atoms with Crippen LogP contribution in [0.25, 0.3) is 0 Å². The lowest BCUT2D eigenvalue weighted by Crippen LogP contribution is -2.34. The van der Waals surface area contributed by atoms with Crippen molar-refractivity contribution in [1.82, 2.24) is 25.2 Å².